The fourth-order valence-corrected chi connectivity index (χ4v) is 10.3. The SMILES string of the molecule is CC(C)(C)P1CCC(c2cccc(-c3c4ccccc4cc4ccccc34)c2O)(C(C)(C)C)C1=Nc1ccccc1. The molecular weight excluding hydrogens is 517 g/mol. The minimum atomic E-state index is -0.543. The maximum atomic E-state index is 12.5. The van der Waals surface area contributed by atoms with Crippen LogP contribution in [-0.4, -0.2) is 21.9 Å². The summed E-state index contributed by atoms with van der Waals surface area (Å²) in [4.78, 5) is 5.48. The normalized spacial score (nSPS) is 20.7. The Hall–Kier alpha value is -3.48. The fourth-order valence-electron chi connectivity index (χ4n) is 6.92. The summed E-state index contributed by atoms with van der Waals surface area (Å²) in [7, 11) is -0.543. The molecule has 5 aromatic carbocycles. The molecule has 1 saturated heterocycles. The van der Waals surface area contributed by atoms with E-state index in [4.69, 9.17) is 4.99 Å². The molecule has 208 valence electrons. The summed E-state index contributed by atoms with van der Waals surface area (Å²) in [6.07, 6.45) is 2.07. The van der Waals surface area contributed by atoms with Crippen LogP contribution in [0.5, 0.6) is 5.75 Å². The zero-order valence-corrected chi connectivity index (χ0v) is 26.0. The third-order valence-corrected chi connectivity index (χ3v) is 12.2. The van der Waals surface area contributed by atoms with E-state index in [1.807, 2.05) is 6.07 Å². The van der Waals surface area contributed by atoms with Crippen molar-refractivity contribution in [1.82, 2.24) is 0 Å². The Morgan fingerprint density at radius 3 is 1.88 bits per heavy atom. The molecule has 0 amide bonds. The van der Waals surface area contributed by atoms with Crippen molar-refractivity contribution >= 4 is 40.6 Å². The second-order valence-electron chi connectivity index (χ2n) is 13.4. The molecule has 0 bridgehead atoms. The van der Waals surface area contributed by atoms with Gasteiger partial charge in [0.25, 0.3) is 0 Å². The molecule has 1 N–H and O–H groups in total. The molecule has 6 rings (SSSR count). The predicted molar refractivity (Wildman–Crippen MR) is 179 cm³/mol. The number of benzene rings is 5. The number of fused-ring (bicyclic) bond motifs is 2. The molecule has 3 heteroatoms. The van der Waals surface area contributed by atoms with Gasteiger partial charge in [-0.1, -0.05) is 134 Å². The van der Waals surface area contributed by atoms with Gasteiger partial charge in [0, 0.05) is 22.1 Å². The van der Waals surface area contributed by atoms with E-state index in [1.165, 1.54) is 16.2 Å². The minimum absolute atomic E-state index is 0.106. The van der Waals surface area contributed by atoms with Crippen molar-refractivity contribution in [1.29, 1.82) is 0 Å². The molecule has 0 spiro atoms. The lowest BCUT2D eigenvalue weighted by atomic mass is 9.61. The van der Waals surface area contributed by atoms with E-state index < -0.39 is 13.3 Å². The van der Waals surface area contributed by atoms with Gasteiger partial charge in [0.05, 0.1) is 11.1 Å². The number of phenolic OH excluding ortho intramolecular Hbond substituents is 1. The van der Waals surface area contributed by atoms with Gasteiger partial charge in [-0.3, -0.25) is 4.99 Å². The zero-order chi connectivity index (χ0) is 29.0. The zero-order valence-electron chi connectivity index (χ0n) is 25.1. The highest BCUT2D eigenvalue weighted by Crippen LogP contribution is 2.68. The lowest BCUT2D eigenvalue weighted by molar-refractivity contribution is 0.253. The topological polar surface area (TPSA) is 32.6 Å². The quantitative estimate of drug-likeness (QED) is 0.174. The molecule has 2 atom stereocenters. The van der Waals surface area contributed by atoms with Gasteiger partial charge in [-0.2, -0.15) is 0 Å². The van der Waals surface area contributed by atoms with Crippen LogP contribution in [0.4, 0.5) is 5.69 Å². The van der Waals surface area contributed by atoms with Crippen molar-refractivity contribution in [3.8, 4) is 16.9 Å². The molecule has 2 unspecified atom stereocenters. The number of aromatic hydroxyl groups is 1. The summed E-state index contributed by atoms with van der Waals surface area (Å²) in [5, 5.41) is 17.3. The fraction of sp³-hybridized carbons (Fsp3) is 0.289. The van der Waals surface area contributed by atoms with Gasteiger partial charge < -0.3 is 5.11 Å². The minimum Gasteiger partial charge on any atom is -0.507 e. The Kier molecular flexibility index (Phi) is 6.82. The maximum Gasteiger partial charge on any atom is 0.127 e. The van der Waals surface area contributed by atoms with E-state index in [0.29, 0.717) is 5.75 Å². The van der Waals surface area contributed by atoms with E-state index in [2.05, 4.69) is 139 Å². The predicted octanol–water partition coefficient (Wildman–Crippen LogP) is 11.1. The van der Waals surface area contributed by atoms with E-state index in [0.717, 1.165) is 45.7 Å². The Balaban J connectivity index is 1.67. The first kappa shape index (κ1) is 27.7. The van der Waals surface area contributed by atoms with Gasteiger partial charge >= 0.3 is 0 Å². The van der Waals surface area contributed by atoms with Gasteiger partial charge in [0.2, 0.25) is 0 Å². The van der Waals surface area contributed by atoms with Crippen molar-refractivity contribution in [2.24, 2.45) is 10.4 Å². The number of para-hydroxylation sites is 2. The van der Waals surface area contributed by atoms with Crippen LogP contribution in [0.1, 0.15) is 53.5 Å². The summed E-state index contributed by atoms with van der Waals surface area (Å²) in [6.45, 7) is 14.1. The second-order valence-corrected chi connectivity index (χ2v) is 16.5. The van der Waals surface area contributed by atoms with E-state index in [1.54, 1.807) is 0 Å². The number of rotatable bonds is 3. The van der Waals surface area contributed by atoms with Crippen molar-refractivity contribution in [2.45, 2.75) is 58.5 Å². The van der Waals surface area contributed by atoms with Crippen LogP contribution in [0.25, 0.3) is 32.7 Å². The van der Waals surface area contributed by atoms with Crippen molar-refractivity contribution < 1.29 is 5.11 Å². The second kappa shape index (κ2) is 10.1. The molecule has 0 radical (unpaired) electrons. The van der Waals surface area contributed by atoms with Crippen LogP contribution < -0.4 is 0 Å². The number of aliphatic imine (C=N–C) groups is 1. The molecule has 1 heterocycles. The van der Waals surface area contributed by atoms with Crippen molar-refractivity contribution in [3.05, 3.63) is 109 Å². The van der Waals surface area contributed by atoms with E-state index in [9.17, 15) is 5.11 Å². The Morgan fingerprint density at radius 2 is 1.29 bits per heavy atom. The van der Waals surface area contributed by atoms with Crippen molar-refractivity contribution in [3.63, 3.8) is 0 Å². The average molecular weight is 558 g/mol. The van der Waals surface area contributed by atoms with Crippen LogP contribution in [0.15, 0.2) is 108 Å². The summed E-state index contributed by atoms with van der Waals surface area (Å²) in [5.41, 5.74) is 4.68. The number of nitrogens with zero attached hydrogens (tertiary/aromatic N) is 1. The Bertz CT molecular complexity index is 1720. The molecule has 1 aliphatic heterocycles. The third-order valence-electron chi connectivity index (χ3n) is 8.97. The van der Waals surface area contributed by atoms with Gasteiger partial charge in [-0.15, -0.1) is 0 Å². The molecule has 5 aromatic rings. The van der Waals surface area contributed by atoms with Crippen LogP contribution in [-0.2, 0) is 5.41 Å². The highest BCUT2D eigenvalue weighted by molar-refractivity contribution is 7.77. The summed E-state index contributed by atoms with van der Waals surface area (Å²) in [6, 6.07) is 36.1. The van der Waals surface area contributed by atoms with E-state index in [-0.39, 0.29) is 10.6 Å². The molecule has 0 aromatic heterocycles. The molecular formula is C38H40NOP. The van der Waals surface area contributed by atoms with Gasteiger partial charge in [0.15, 0.2) is 0 Å². The summed E-state index contributed by atoms with van der Waals surface area (Å²) < 4.78 is 0. The van der Waals surface area contributed by atoms with Crippen LogP contribution >= 0.6 is 7.92 Å². The van der Waals surface area contributed by atoms with Gasteiger partial charge in [-0.05, 0) is 62.9 Å². The van der Waals surface area contributed by atoms with Crippen LogP contribution in [0, 0.1) is 5.41 Å². The first-order valence-electron chi connectivity index (χ1n) is 14.7. The maximum absolute atomic E-state index is 12.5. The molecule has 41 heavy (non-hydrogen) atoms. The monoisotopic (exact) mass is 557 g/mol. The molecule has 1 fully saturated rings. The number of hydrogen-bond donors (Lipinski definition) is 1. The third kappa shape index (κ3) is 4.58. The summed E-state index contributed by atoms with van der Waals surface area (Å²) in [5.74, 6) is 0.385. The van der Waals surface area contributed by atoms with E-state index >= 15 is 0 Å². The van der Waals surface area contributed by atoms with Gasteiger partial charge in [0.1, 0.15) is 5.75 Å². The summed E-state index contributed by atoms with van der Waals surface area (Å²) >= 11 is 0. The van der Waals surface area contributed by atoms with Crippen LogP contribution in [0.2, 0.25) is 0 Å². The lowest BCUT2D eigenvalue weighted by Gasteiger charge is -2.45. The number of hydrogen-bond acceptors (Lipinski definition) is 2. The number of phenols is 1. The Labute approximate surface area is 245 Å². The molecule has 1 aliphatic rings. The molecule has 2 nitrogen and oxygen atoms in total. The highest BCUT2D eigenvalue weighted by Gasteiger charge is 2.57. The molecule has 0 aliphatic carbocycles. The van der Waals surface area contributed by atoms with Crippen molar-refractivity contribution in [2.75, 3.05) is 6.16 Å². The highest BCUT2D eigenvalue weighted by atomic mass is 31.1. The average Bonchev–Trinajstić information content (AvgIpc) is 3.33. The largest absolute Gasteiger partial charge is 0.507 e. The smallest absolute Gasteiger partial charge is 0.127 e. The first-order valence-corrected chi connectivity index (χ1v) is 16.2. The Morgan fingerprint density at radius 1 is 0.707 bits per heavy atom. The van der Waals surface area contributed by atoms with Crippen LogP contribution in [0.3, 0.4) is 0 Å². The lowest BCUT2D eigenvalue weighted by Crippen LogP contribution is -2.44. The first-order chi connectivity index (χ1) is 19.5. The standard InChI is InChI=1S/C38H40NOP/c1-36(2,3)38(23-24-41(37(4,5)6)35(38)39-28-17-8-7-9-18-28)32-22-14-21-31(34(32)40)33-29-19-12-10-15-26(29)25-27-16-11-13-20-30(27)33/h7-22,25,40H,23-24H2,1-6H3. The van der Waals surface area contributed by atoms with Gasteiger partial charge in [-0.25, -0.2) is 0 Å². The molecule has 0 saturated carbocycles.